The molecule has 1 unspecified atom stereocenters. The third-order valence-corrected chi connectivity index (χ3v) is 15.7. The van der Waals surface area contributed by atoms with Gasteiger partial charge in [-0.2, -0.15) is 0 Å². The number of anilines is 3. The number of hydrogen-bond acceptors (Lipinski definition) is 2. The van der Waals surface area contributed by atoms with E-state index >= 15 is 0 Å². The van der Waals surface area contributed by atoms with E-state index in [2.05, 4.69) is 255 Å². The zero-order valence-corrected chi connectivity index (χ0v) is 37.7. The van der Waals surface area contributed by atoms with Gasteiger partial charge in [0, 0.05) is 37.0 Å². The standard InChI is InChI=1S/C64H45NS/c1-63(2)54-30-14-11-27-49(54)50-38-36-45(41-58(50)63)65(44-37-39-61-53(40-44)51-28-13-18-35-60(51)66-61)59-34-17-16-32-56(59)64(43-22-7-4-8-23-43)55-31-15-12-26-48(55)46-24-9-10-25-47(46)52-29-19-33-57(64)62(52)42-20-5-3-6-21-42/h3-41H,1-2H3. The maximum atomic E-state index is 2.56. The highest BCUT2D eigenvalue weighted by Gasteiger charge is 2.46. The molecule has 2 heteroatoms. The first kappa shape index (κ1) is 38.7. The molecule has 2 aliphatic rings. The lowest BCUT2D eigenvalue weighted by Gasteiger charge is -2.43. The van der Waals surface area contributed by atoms with E-state index in [1.165, 1.54) is 98.1 Å². The Balaban J connectivity index is 1.18. The second kappa shape index (κ2) is 14.9. The van der Waals surface area contributed by atoms with Crippen molar-refractivity contribution in [2.24, 2.45) is 0 Å². The van der Waals surface area contributed by atoms with Gasteiger partial charge in [-0.3, -0.25) is 0 Å². The minimum absolute atomic E-state index is 0.178. The third kappa shape index (κ3) is 5.58. The highest BCUT2D eigenvalue weighted by Crippen LogP contribution is 2.59. The van der Waals surface area contributed by atoms with Crippen molar-refractivity contribution in [1.82, 2.24) is 0 Å². The topological polar surface area (TPSA) is 3.24 Å². The average Bonchev–Trinajstić information content (AvgIpc) is 3.86. The molecular formula is C64H45NS. The van der Waals surface area contributed by atoms with Gasteiger partial charge in [0.1, 0.15) is 0 Å². The number of hydrogen-bond donors (Lipinski definition) is 0. The molecule has 13 rings (SSSR count). The molecule has 0 saturated carbocycles. The summed E-state index contributed by atoms with van der Waals surface area (Å²) in [6, 6.07) is 89.0. The molecule has 0 fully saturated rings. The van der Waals surface area contributed by atoms with Crippen molar-refractivity contribution in [3.05, 3.63) is 270 Å². The first-order chi connectivity index (χ1) is 32.5. The van der Waals surface area contributed by atoms with E-state index < -0.39 is 5.41 Å². The molecule has 0 radical (unpaired) electrons. The maximum absolute atomic E-state index is 2.56. The summed E-state index contributed by atoms with van der Waals surface area (Å²) in [6.45, 7) is 4.77. The van der Waals surface area contributed by atoms with Crippen LogP contribution in [-0.4, -0.2) is 0 Å². The summed E-state index contributed by atoms with van der Waals surface area (Å²) >= 11 is 1.87. The van der Waals surface area contributed by atoms with Gasteiger partial charge in [0.15, 0.2) is 0 Å². The molecule has 1 aromatic heterocycles. The first-order valence-corrected chi connectivity index (χ1v) is 23.8. The highest BCUT2D eigenvalue weighted by molar-refractivity contribution is 7.25. The Labute approximate surface area is 390 Å². The van der Waals surface area contributed by atoms with Crippen molar-refractivity contribution < 1.29 is 0 Å². The van der Waals surface area contributed by atoms with E-state index in [9.17, 15) is 0 Å². The monoisotopic (exact) mass is 859 g/mol. The van der Waals surface area contributed by atoms with Crippen LogP contribution in [-0.2, 0) is 10.8 Å². The molecule has 1 atom stereocenters. The van der Waals surface area contributed by atoms with Crippen LogP contribution >= 0.6 is 11.3 Å². The summed E-state index contributed by atoms with van der Waals surface area (Å²) in [5, 5.41) is 2.56. The van der Waals surface area contributed by atoms with Gasteiger partial charge in [-0.25, -0.2) is 0 Å². The van der Waals surface area contributed by atoms with Crippen LogP contribution in [0.5, 0.6) is 0 Å². The van der Waals surface area contributed by atoms with Gasteiger partial charge in [-0.15, -0.1) is 11.3 Å². The zero-order valence-electron chi connectivity index (χ0n) is 36.9. The molecule has 0 spiro atoms. The van der Waals surface area contributed by atoms with Crippen LogP contribution < -0.4 is 4.90 Å². The van der Waals surface area contributed by atoms with E-state index in [1.807, 2.05) is 11.3 Å². The van der Waals surface area contributed by atoms with E-state index in [0.29, 0.717) is 0 Å². The quantitative estimate of drug-likeness (QED) is 0.161. The van der Waals surface area contributed by atoms with E-state index in [4.69, 9.17) is 0 Å². The largest absolute Gasteiger partial charge is 0.310 e. The molecule has 0 amide bonds. The fraction of sp³-hybridized carbons (Fsp3) is 0.0625. The molecule has 1 heterocycles. The van der Waals surface area contributed by atoms with Crippen LogP contribution in [0.15, 0.2) is 237 Å². The fourth-order valence-electron chi connectivity index (χ4n) is 11.7. The Morgan fingerprint density at radius 3 is 1.67 bits per heavy atom. The smallest absolute Gasteiger partial charge is 0.0734 e. The molecule has 312 valence electrons. The summed E-state index contributed by atoms with van der Waals surface area (Å²) in [7, 11) is 0. The molecular weight excluding hydrogens is 815 g/mol. The predicted octanol–water partition coefficient (Wildman–Crippen LogP) is 17.5. The highest BCUT2D eigenvalue weighted by atomic mass is 32.1. The first-order valence-electron chi connectivity index (χ1n) is 23.0. The Bertz CT molecular complexity index is 3690. The summed E-state index contributed by atoms with van der Waals surface area (Å²) in [4.78, 5) is 2.56. The SMILES string of the molecule is CC1(C)c2ccccc2-c2ccc(N(c3ccc4sc5ccccc5c4c3)c3ccccc3C3(c4ccccc4)c4ccccc4-c4ccccc4-c4cccc3c4-c3ccccc3)cc21. The van der Waals surface area contributed by atoms with Crippen molar-refractivity contribution >= 4 is 48.6 Å². The fourth-order valence-corrected chi connectivity index (χ4v) is 12.8. The molecule has 2 bridgehead atoms. The lowest BCUT2D eigenvalue weighted by Crippen LogP contribution is -2.34. The number of fused-ring (bicyclic) bond motifs is 12. The molecule has 2 aliphatic carbocycles. The van der Waals surface area contributed by atoms with Crippen LogP contribution in [0.1, 0.15) is 47.2 Å². The third-order valence-electron chi connectivity index (χ3n) is 14.6. The number of nitrogens with zero attached hydrogens (tertiary/aromatic N) is 1. The molecule has 66 heavy (non-hydrogen) atoms. The number of thiophene rings is 1. The Morgan fingerprint density at radius 2 is 0.879 bits per heavy atom. The minimum Gasteiger partial charge on any atom is -0.310 e. The van der Waals surface area contributed by atoms with Gasteiger partial charge in [0.2, 0.25) is 0 Å². The van der Waals surface area contributed by atoms with Crippen LogP contribution in [0.25, 0.3) is 64.7 Å². The van der Waals surface area contributed by atoms with E-state index in [0.717, 1.165) is 17.1 Å². The van der Waals surface area contributed by atoms with Crippen molar-refractivity contribution in [3.63, 3.8) is 0 Å². The van der Waals surface area contributed by atoms with E-state index in [1.54, 1.807) is 0 Å². The molecule has 10 aromatic carbocycles. The van der Waals surface area contributed by atoms with Crippen molar-refractivity contribution in [1.29, 1.82) is 0 Å². The zero-order chi connectivity index (χ0) is 44.0. The summed E-state index contributed by atoms with van der Waals surface area (Å²) in [5.41, 5.74) is 20.0. The van der Waals surface area contributed by atoms with Gasteiger partial charge < -0.3 is 4.90 Å². The molecule has 0 aliphatic heterocycles. The second-order valence-electron chi connectivity index (χ2n) is 18.3. The van der Waals surface area contributed by atoms with Gasteiger partial charge >= 0.3 is 0 Å². The van der Waals surface area contributed by atoms with E-state index in [-0.39, 0.29) is 5.41 Å². The van der Waals surface area contributed by atoms with Gasteiger partial charge in [-0.1, -0.05) is 208 Å². The summed E-state index contributed by atoms with van der Waals surface area (Å²) < 4.78 is 2.59. The van der Waals surface area contributed by atoms with Crippen molar-refractivity contribution in [2.75, 3.05) is 4.90 Å². The summed E-state index contributed by atoms with van der Waals surface area (Å²) in [6.07, 6.45) is 0. The Hall–Kier alpha value is -7.78. The molecule has 0 N–H and O–H groups in total. The van der Waals surface area contributed by atoms with Gasteiger partial charge in [0.05, 0.1) is 11.1 Å². The lowest BCUT2D eigenvalue weighted by molar-refractivity contribution is 0.660. The number of rotatable bonds is 6. The normalized spacial score (nSPS) is 15.3. The Kier molecular flexibility index (Phi) is 8.72. The van der Waals surface area contributed by atoms with Crippen LogP contribution in [0.2, 0.25) is 0 Å². The predicted molar refractivity (Wildman–Crippen MR) is 280 cm³/mol. The molecule has 0 saturated heterocycles. The maximum Gasteiger partial charge on any atom is 0.0734 e. The molecule has 1 nitrogen and oxygen atoms in total. The van der Waals surface area contributed by atoms with Gasteiger partial charge in [-0.05, 0) is 120 Å². The minimum atomic E-state index is -0.799. The number of benzene rings is 10. The van der Waals surface area contributed by atoms with Crippen molar-refractivity contribution in [3.8, 4) is 44.5 Å². The molecule has 11 aromatic rings. The van der Waals surface area contributed by atoms with Crippen LogP contribution in [0.4, 0.5) is 17.1 Å². The second-order valence-corrected chi connectivity index (χ2v) is 19.4. The van der Waals surface area contributed by atoms with Gasteiger partial charge in [0.25, 0.3) is 0 Å². The summed E-state index contributed by atoms with van der Waals surface area (Å²) in [5.74, 6) is 0. The van der Waals surface area contributed by atoms with Crippen LogP contribution in [0.3, 0.4) is 0 Å². The lowest BCUT2D eigenvalue weighted by atomic mass is 9.60. The van der Waals surface area contributed by atoms with Crippen LogP contribution in [0, 0.1) is 0 Å². The van der Waals surface area contributed by atoms with Crippen molar-refractivity contribution in [2.45, 2.75) is 24.7 Å². The Morgan fingerprint density at radius 1 is 0.348 bits per heavy atom. The average molecular weight is 860 g/mol. The number of para-hydroxylation sites is 1.